The van der Waals surface area contributed by atoms with Crippen LogP contribution in [-0.4, -0.2) is 36.2 Å². The van der Waals surface area contributed by atoms with Crippen molar-refractivity contribution < 1.29 is 0 Å². The van der Waals surface area contributed by atoms with E-state index in [9.17, 15) is 0 Å². The molecule has 7 heteroatoms. The van der Waals surface area contributed by atoms with Gasteiger partial charge >= 0.3 is 0 Å². The maximum absolute atomic E-state index is 4.81. The summed E-state index contributed by atoms with van der Waals surface area (Å²) in [4.78, 5) is 18.2. The maximum Gasteiger partial charge on any atom is 0.145 e. The summed E-state index contributed by atoms with van der Waals surface area (Å²) >= 11 is 0. The van der Waals surface area contributed by atoms with E-state index >= 15 is 0 Å². The molecule has 0 aliphatic heterocycles. The van der Waals surface area contributed by atoms with Crippen LogP contribution in [0, 0.1) is 0 Å². The topological polar surface area (TPSA) is 92.3 Å². The Morgan fingerprint density at radius 2 is 1.82 bits per heavy atom. The quantitative estimate of drug-likeness (QED) is 0.547. The highest BCUT2D eigenvalue weighted by atomic mass is 15.1. The lowest BCUT2D eigenvalue weighted by Gasteiger charge is -2.09. The molecule has 1 fully saturated rings. The summed E-state index contributed by atoms with van der Waals surface area (Å²) in [7, 11) is 0. The Labute approximate surface area is 162 Å². The number of anilines is 1. The molecule has 0 amide bonds. The first-order chi connectivity index (χ1) is 13.7. The van der Waals surface area contributed by atoms with Gasteiger partial charge in [-0.2, -0.15) is 5.10 Å². The summed E-state index contributed by atoms with van der Waals surface area (Å²) in [5.41, 5.74) is 5.46. The second-order valence-electron chi connectivity index (χ2n) is 7.52. The Morgan fingerprint density at radius 3 is 2.64 bits per heavy atom. The van der Waals surface area contributed by atoms with Gasteiger partial charge in [-0.15, -0.1) is 0 Å². The zero-order chi connectivity index (χ0) is 19.1. The lowest BCUT2D eigenvalue weighted by atomic mass is 10.1. The van der Waals surface area contributed by atoms with Crippen LogP contribution in [0.3, 0.4) is 0 Å². The Hall–Kier alpha value is -3.35. The molecule has 1 aromatic carbocycles. The number of rotatable bonds is 5. The van der Waals surface area contributed by atoms with Crippen LogP contribution in [0.2, 0.25) is 0 Å². The highest BCUT2D eigenvalue weighted by Gasteiger charge is 2.25. The van der Waals surface area contributed by atoms with Gasteiger partial charge in [-0.05, 0) is 38.8 Å². The van der Waals surface area contributed by atoms with Crippen molar-refractivity contribution in [2.24, 2.45) is 0 Å². The van der Waals surface area contributed by atoms with Crippen molar-refractivity contribution in [3.05, 3.63) is 48.7 Å². The fraction of sp³-hybridized carbons (Fsp3) is 0.286. The molecule has 0 radical (unpaired) electrons. The molecular formula is C21H21N7. The van der Waals surface area contributed by atoms with E-state index in [2.05, 4.69) is 50.4 Å². The van der Waals surface area contributed by atoms with Crippen LogP contribution in [-0.2, 0) is 0 Å². The second-order valence-corrected chi connectivity index (χ2v) is 7.52. The third kappa shape index (κ3) is 3.19. The average molecular weight is 371 g/mol. The van der Waals surface area contributed by atoms with E-state index in [1.54, 1.807) is 12.4 Å². The van der Waals surface area contributed by atoms with Crippen LogP contribution < -0.4 is 5.32 Å². The molecule has 140 valence electrons. The van der Waals surface area contributed by atoms with Crippen LogP contribution in [0.4, 0.5) is 5.82 Å². The number of benzene rings is 1. The number of aromatic amines is 1. The molecule has 1 aliphatic rings. The molecule has 28 heavy (non-hydrogen) atoms. The van der Waals surface area contributed by atoms with E-state index in [0.29, 0.717) is 5.92 Å². The molecule has 4 aromatic rings. The van der Waals surface area contributed by atoms with E-state index in [1.807, 2.05) is 24.5 Å². The van der Waals surface area contributed by atoms with Crippen molar-refractivity contribution in [2.75, 3.05) is 5.32 Å². The molecule has 0 atom stereocenters. The highest BCUT2D eigenvalue weighted by molar-refractivity contribution is 5.94. The smallest absolute Gasteiger partial charge is 0.145 e. The van der Waals surface area contributed by atoms with Crippen molar-refractivity contribution in [3.63, 3.8) is 0 Å². The minimum Gasteiger partial charge on any atom is -0.367 e. The van der Waals surface area contributed by atoms with Gasteiger partial charge in [-0.1, -0.05) is 6.07 Å². The van der Waals surface area contributed by atoms with Crippen LogP contribution in [0.5, 0.6) is 0 Å². The molecule has 0 unspecified atom stereocenters. The zero-order valence-corrected chi connectivity index (χ0v) is 15.8. The van der Waals surface area contributed by atoms with Crippen LogP contribution in [0.25, 0.3) is 33.5 Å². The molecule has 2 N–H and O–H groups in total. The number of nitrogens with zero attached hydrogens (tertiary/aromatic N) is 5. The van der Waals surface area contributed by atoms with Crippen LogP contribution >= 0.6 is 0 Å². The Bertz CT molecular complexity index is 1140. The lowest BCUT2D eigenvalue weighted by Crippen LogP contribution is -2.11. The van der Waals surface area contributed by atoms with Gasteiger partial charge in [-0.3, -0.25) is 15.1 Å². The van der Waals surface area contributed by atoms with E-state index < -0.39 is 0 Å². The summed E-state index contributed by atoms with van der Waals surface area (Å²) in [5.74, 6) is 1.31. The number of hydrogen-bond donors (Lipinski definition) is 2. The van der Waals surface area contributed by atoms with Crippen molar-refractivity contribution in [2.45, 2.75) is 38.6 Å². The van der Waals surface area contributed by atoms with Crippen molar-refractivity contribution in [3.8, 4) is 22.6 Å². The Kier molecular flexibility index (Phi) is 4.00. The molecule has 0 bridgehead atoms. The standard InChI is InChI=1S/C21H21N7/c1-12(2)24-20-11-23-10-19(26-20)21-15-7-14(5-6-16(15)27-28-21)18-9-22-8-17(25-18)13-3-4-13/h5-13H,3-4H2,1-2H3,(H,24,26)(H,27,28). The van der Waals surface area contributed by atoms with E-state index in [0.717, 1.165) is 45.1 Å². The van der Waals surface area contributed by atoms with Gasteiger partial charge in [0.2, 0.25) is 0 Å². The minimum atomic E-state index is 0.282. The van der Waals surface area contributed by atoms with Crippen LogP contribution in [0.1, 0.15) is 38.3 Å². The molecular weight excluding hydrogens is 350 g/mol. The van der Waals surface area contributed by atoms with Crippen LogP contribution in [0.15, 0.2) is 43.0 Å². The number of aromatic nitrogens is 6. The fourth-order valence-electron chi connectivity index (χ4n) is 3.31. The molecule has 1 saturated carbocycles. The van der Waals surface area contributed by atoms with Crippen molar-refractivity contribution in [1.82, 2.24) is 30.1 Å². The van der Waals surface area contributed by atoms with Gasteiger partial charge < -0.3 is 5.32 Å². The fourth-order valence-corrected chi connectivity index (χ4v) is 3.31. The predicted octanol–water partition coefficient (Wildman–Crippen LogP) is 4.17. The highest BCUT2D eigenvalue weighted by Crippen LogP contribution is 2.39. The normalized spacial score (nSPS) is 14.0. The largest absolute Gasteiger partial charge is 0.367 e. The van der Waals surface area contributed by atoms with Crippen molar-refractivity contribution >= 4 is 16.7 Å². The number of H-pyrrole nitrogens is 1. The monoisotopic (exact) mass is 371 g/mol. The molecule has 0 spiro atoms. The Morgan fingerprint density at radius 1 is 1.00 bits per heavy atom. The Balaban J connectivity index is 1.56. The van der Waals surface area contributed by atoms with E-state index in [1.165, 1.54) is 12.8 Å². The first-order valence-corrected chi connectivity index (χ1v) is 9.57. The van der Waals surface area contributed by atoms with Gasteiger partial charge in [0.15, 0.2) is 0 Å². The van der Waals surface area contributed by atoms with E-state index in [4.69, 9.17) is 4.98 Å². The van der Waals surface area contributed by atoms with Gasteiger partial charge in [0.05, 0.1) is 35.5 Å². The molecule has 3 aromatic heterocycles. The van der Waals surface area contributed by atoms with E-state index in [-0.39, 0.29) is 6.04 Å². The number of nitrogens with one attached hydrogen (secondary N) is 2. The van der Waals surface area contributed by atoms with Crippen molar-refractivity contribution in [1.29, 1.82) is 0 Å². The SMILES string of the molecule is CC(C)Nc1cncc(-c2n[nH]c3ccc(-c4cncc(C5CC5)n4)cc23)n1. The summed E-state index contributed by atoms with van der Waals surface area (Å²) in [6.07, 6.45) is 9.58. The summed E-state index contributed by atoms with van der Waals surface area (Å²) in [6.45, 7) is 4.14. The molecule has 3 heterocycles. The lowest BCUT2D eigenvalue weighted by molar-refractivity contribution is 0.886. The first kappa shape index (κ1) is 16.8. The molecule has 5 rings (SSSR count). The van der Waals surface area contributed by atoms with Gasteiger partial charge in [0.25, 0.3) is 0 Å². The minimum absolute atomic E-state index is 0.282. The summed E-state index contributed by atoms with van der Waals surface area (Å²) < 4.78 is 0. The third-order valence-electron chi connectivity index (χ3n) is 4.82. The van der Waals surface area contributed by atoms with Gasteiger partial charge in [0.1, 0.15) is 17.2 Å². The second kappa shape index (κ2) is 6.67. The average Bonchev–Trinajstić information content (AvgIpc) is 3.47. The maximum atomic E-state index is 4.81. The predicted molar refractivity (Wildman–Crippen MR) is 109 cm³/mol. The molecule has 0 saturated heterocycles. The third-order valence-corrected chi connectivity index (χ3v) is 4.82. The first-order valence-electron chi connectivity index (χ1n) is 9.57. The molecule has 7 nitrogen and oxygen atoms in total. The number of fused-ring (bicyclic) bond motifs is 1. The summed E-state index contributed by atoms with van der Waals surface area (Å²) in [5, 5.41) is 11.9. The summed E-state index contributed by atoms with van der Waals surface area (Å²) in [6, 6.07) is 6.45. The molecule has 1 aliphatic carbocycles. The zero-order valence-electron chi connectivity index (χ0n) is 15.8. The van der Waals surface area contributed by atoms with Gasteiger partial charge in [-0.25, -0.2) is 9.97 Å². The number of hydrogen-bond acceptors (Lipinski definition) is 6. The van der Waals surface area contributed by atoms with Gasteiger partial charge in [0, 0.05) is 29.1 Å².